The van der Waals surface area contributed by atoms with Crippen LogP contribution in [0.5, 0.6) is 11.5 Å². The van der Waals surface area contributed by atoms with E-state index in [-0.39, 0.29) is 42.3 Å². The minimum absolute atomic E-state index is 0.0617. The molecule has 3 aromatic rings. The highest BCUT2D eigenvalue weighted by atomic mass is 32.2. The molecule has 0 amide bonds. The molecule has 0 aliphatic carbocycles. The predicted octanol–water partition coefficient (Wildman–Crippen LogP) is 4.24. The summed E-state index contributed by atoms with van der Waals surface area (Å²) in [6.07, 6.45) is -1.24. The van der Waals surface area contributed by atoms with Gasteiger partial charge in [0.2, 0.25) is 5.95 Å². The van der Waals surface area contributed by atoms with E-state index in [1.165, 1.54) is 37.7 Å². The molecule has 1 N–H and O–H groups in total. The molecule has 186 valence electrons. The number of hydrogen-bond donors (Lipinski definition) is 1. The number of aromatic nitrogens is 2. The number of nitrogens with zero attached hydrogens (tertiary/aromatic N) is 2. The number of halogens is 3. The van der Waals surface area contributed by atoms with Crippen LogP contribution in [0.2, 0.25) is 0 Å². The molecule has 0 spiro atoms. The van der Waals surface area contributed by atoms with Gasteiger partial charge >= 0.3 is 6.18 Å². The van der Waals surface area contributed by atoms with Gasteiger partial charge in [0.1, 0.15) is 18.1 Å². The zero-order valence-corrected chi connectivity index (χ0v) is 19.4. The number of alkyl halides is 3. The summed E-state index contributed by atoms with van der Waals surface area (Å²) in [7, 11) is -2.52. The van der Waals surface area contributed by atoms with Gasteiger partial charge < -0.3 is 14.2 Å². The number of sulfonamides is 1. The number of anilines is 1. The lowest BCUT2D eigenvalue weighted by Gasteiger charge is -2.28. The summed E-state index contributed by atoms with van der Waals surface area (Å²) in [5.74, 6) is -0.0254. The average Bonchev–Trinajstić information content (AvgIpc) is 2.83. The molecule has 35 heavy (non-hydrogen) atoms. The summed E-state index contributed by atoms with van der Waals surface area (Å²) in [5, 5.41) is 0. The fraction of sp³-hybridized carbons (Fsp3) is 0.304. The van der Waals surface area contributed by atoms with Crippen LogP contribution >= 0.6 is 0 Å². The molecule has 1 unspecified atom stereocenters. The lowest BCUT2D eigenvalue weighted by molar-refractivity contribution is -0.137. The van der Waals surface area contributed by atoms with Crippen LogP contribution in [-0.4, -0.2) is 45.3 Å². The lowest BCUT2D eigenvalue weighted by Crippen LogP contribution is -2.19. The van der Waals surface area contributed by atoms with Crippen LogP contribution in [-0.2, 0) is 20.9 Å². The van der Waals surface area contributed by atoms with Gasteiger partial charge in [-0.3, -0.25) is 0 Å². The van der Waals surface area contributed by atoms with E-state index >= 15 is 0 Å². The summed E-state index contributed by atoms with van der Waals surface area (Å²) < 4.78 is 84.1. The Balaban J connectivity index is 1.68. The van der Waals surface area contributed by atoms with Crippen molar-refractivity contribution in [3.63, 3.8) is 0 Å². The number of ether oxygens (including phenoxy) is 3. The predicted molar refractivity (Wildman–Crippen MR) is 120 cm³/mol. The SMILES string of the molecule is COCCOc1cc(C(F)(F)F)ccc1C1CCOc2cc(S(=O)(=O)Nc3ncccn3)ccc21. The Morgan fingerprint density at radius 1 is 1.09 bits per heavy atom. The van der Waals surface area contributed by atoms with E-state index in [9.17, 15) is 21.6 Å². The Morgan fingerprint density at radius 2 is 1.83 bits per heavy atom. The molecule has 4 rings (SSSR count). The van der Waals surface area contributed by atoms with Gasteiger partial charge in [0.25, 0.3) is 10.0 Å². The maximum absolute atomic E-state index is 13.3. The number of nitrogens with one attached hydrogen (secondary N) is 1. The van der Waals surface area contributed by atoms with Gasteiger partial charge in [0.05, 0.1) is 23.7 Å². The first-order valence-electron chi connectivity index (χ1n) is 10.6. The van der Waals surface area contributed by atoms with Gasteiger partial charge in [-0.1, -0.05) is 12.1 Å². The fourth-order valence-electron chi connectivity index (χ4n) is 3.75. The molecule has 0 saturated carbocycles. The number of methoxy groups -OCH3 is 1. The van der Waals surface area contributed by atoms with Crippen LogP contribution in [0.15, 0.2) is 59.8 Å². The first-order chi connectivity index (χ1) is 16.7. The third-order valence-electron chi connectivity index (χ3n) is 5.39. The van der Waals surface area contributed by atoms with Gasteiger partial charge in [-0.15, -0.1) is 0 Å². The summed E-state index contributed by atoms with van der Waals surface area (Å²) in [6.45, 7) is 0.527. The molecule has 1 aliphatic rings. The number of hydrogen-bond acceptors (Lipinski definition) is 7. The van der Waals surface area contributed by atoms with Gasteiger partial charge in [-0.2, -0.15) is 13.2 Å². The van der Waals surface area contributed by atoms with E-state index in [1.54, 1.807) is 12.1 Å². The van der Waals surface area contributed by atoms with E-state index in [1.807, 2.05) is 0 Å². The van der Waals surface area contributed by atoms with Gasteiger partial charge in [0.15, 0.2) is 0 Å². The summed E-state index contributed by atoms with van der Waals surface area (Å²) in [6, 6.07) is 9.31. The normalized spacial score (nSPS) is 15.7. The molecule has 0 bridgehead atoms. The molecule has 1 atom stereocenters. The van der Waals surface area contributed by atoms with Crippen LogP contribution in [0, 0.1) is 0 Å². The Hall–Kier alpha value is -3.38. The molecule has 2 heterocycles. The molecule has 0 radical (unpaired) electrons. The van der Waals surface area contributed by atoms with Crippen LogP contribution in [0.25, 0.3) is 0 Å². The standard InChI is InChI=1S/C23H22F3N3O5S/c1-32-11-12-34-20-13-15(23(24,25)26)3-5-18(20)17-7-10-33-21-14-16(4-6-19(17)21)35(30,31)29-22-27-8-2-9-28-22/h2-6,8-9,13-14,17H,7,10-12H2,1H3,(H,27,28,29). The molecule has 1 aromatic heterocycles. The van der Waals surface area contributed by atoms with Crippen molar-refractivity contribution in [3.8, 4) is 11.5 Å². The Bertz CT molecular complexity index is 1290. The van der Waals surface area contributed by atoms with Crippen molar-refractivity contribution in [2.24, 2.45) is 0 Å². The molecule has 0 saturated heterocycles. The van der Waals surface area contributed by atoms with E-state index in [2.05, 4.69) is 14.7 Å². The van der Waals surface area contributed by atoms with Crippen molar-refractivity contribution >= 4 is 16.0 Å². The quantitative estimate of drug-likeness (QED) is 0.454. The summed E-state index contributed by atoms with van der Waals surface area (Å²) in [4.78, 5) is 7.65. The summed E-state index contributed by atoms with van der Waals surface area (Å²) in [5.41, 5.74) is 0.365. The topological polar surface area (TPSA) is 99.6 Å². The largest absolute Gasteiger partial charge is 0.493 e. The van der Waals surface area contributed by atoms with E-state index in [0.29, 0.717) is 23.3 Å². The monoisotopic (exact) mass is 509 g/mol. The van der Waals surface area contributed by atoms with Crippen LogP contribution in [0.3, 0.4) is 0 Å². The molecule has 1 aliphatic heterocycles. The Labute approximate surface area is 200 Å². The van der Waals surface area contributed by atoms with E-state index in [4.69, 9.17) is 14.2 Å². The second-order valence-corrected chi connectivity index (χ2v) is 9.34. The van der Waals surface area contributed by atoms with Crippen molar-refractivity contribution in [1.29, 1.82) is 0 Å². The number of rotatable bonds is 8. The Kier molecular flexibility index (Phi) is 7.13. The van der Waals surface area contributed by atoms with Crippen LogP contribution < -0.4 is 14.2 Å². The minimum Gasteiger partial charge on any atom is -0.493 e. The first kappa shape index (κ1) is 24.7. The molecular weight excluding hydrogens is 487 g/mol. The third-order valence-corrected chi connectivity index (χ3v) is 6.71. The van der Waals surface area contributed by atoms with Crippen LogP contribution in [0.4, 0.5) is 19.1 Å². The highest BCUT2D eigenvalue weighted by molar-refractivity contribution is 7.92. The molecule has 8 nitrogen and oxygen atoms in total. The van der Waals surface area contributed by atoms with Crippen molar-refractivity contribution in [1.82, 2.24) is 9.97 Å². The Morgan fingerprint density at radius 3 is 2.54 bits per heavy atom. The van der Waals surface area contributed by atoms with Crippen molar-refractivity contribution in [2.45, 2.75) is 23.4 Å². The van der Waals surface area contributed by atoms with E-state index < -0.39 is 21.8 Å². The fourth-order valence-corrected chi connectivity index (χ4v) is 4.72. The zero-order valence-electron chi connectivity index (χ0n) is 18.6. The van der Waals surface area contributed by atoms with Crippen molar-refractivity contribution in [3.05, 3.63) is 71.5 Å². The van der Waals surface area contributed by atoms with E-state index in [0.717, 1.165) is 12.1 Å². The molecule has 12 heteroatoms. The van der Waals surface area contributed by atoms with Gasteiger partial charge in [-0.25, -0.2) is 23.1 Å². The molecule has 2 aromatic carbocycles. The average molecular weight is 510 g/mol. The molecule has 0 fully saturated rings. The lowest BCUT2D eigenvalue weighted by atomic mass is 9.85. The second-order valence-electron chi connectivity index (χ2n) is 7.66. The maximum Gasteiger partial charge on any atom is 0.416 e. The van der Waals surface area contributed by atoms with Gasteiger partial charge in [-0.05, 0) is 30.7 Å². The highest BCUT2D eigenvalue weighted by Gasteiger charge is 2.33. The second kappa shape index (κ2) is 10.1. The van der Waals surface area contributed by atoms with Crippen molar-refractivity contribution in [2.75, 3.05) is 31.7 Å². The minimum atomic E-state index is -4.52. The smallest absolute Gasteiger partial charge is 0.416 e. The maximum atomic E-state index is 13.3. The molecular formula is C23H22F3N3O5S. The van der Waals surface area contributed by atoms with Crippen molar-refractivity contribution < 1.29 is 35.8 Å². The van der Waals surface area contributed by atoms with Gasteiger partial charge in [0, 0.05) is 42.6 Å². The zero-order chi connectivity index (χ0) is 25.1. The van der Waals surface area contributed by atoms with Crippen LogP contribution in [0.1, 0.15) is 29.0 Å². The number of fused-ring (bicyclic) bond motifs is 1. The highest BCUT2D eigenvalue weighted by Crippen LogP contribution is 2.44. The number of benzene rings is 2. The first-order valence-corrected chi connectivity index (χ1v) is 12.1. The third kappa shape index (κ3) is 5.65. The summed E-state index contributed by atoms with van der Waals surface area (Å²) >= 11 is 0.